The van der Waals surface area contributed by atoms with Gasteiger partial charge in [-0.15, -0.1) is 0 Å². The van der Waals surface area contributed by atoms with Crippen molar-refractivity contribution >= 4 is 12.8 Å². The molecule has 0 aliphatic carbocycles. The topological polar surface area (TPSA) is 50.7 Å². The predicted octanol–water partition coefficient (Wildman–Crippen LogP) is -0.845. The van der Waals surface area contributed by atoms with Crippen LogP contribution in [-0.4, -0.2) is 37.3 Å². The second-order valence-corrected chi connectivity index (χ2v) is 2.42. The standard InChI is InChI=1S/C5H11NO3S/c7-5-2-9-3-8-1-4(5)6-10/h4-7,10H,1-3H2/t4-,5-/m1/s1. The summed E-state index contributed by atoms with van der Waals surface area (Å²) < 4.78 is 12.5. The van der Waals surface area contributed by atoms with Crippen molar-refractivity contribution in [1.29, 1.82) is 0 Å². The maximum atomic E-state index is 9.23. The van der Waals surface area contributed by atoms with E-state index in [0.29, 0.717) is 13.2 Å². The molecule has 0 bridgehead atoms. The zero-order valence-corrected chi connectivity index (χ0v) is 6.38. The SMILES string of the molecule is O[C@@H]1COCOC[C@H]1NS. The molecule has 0 amide bonds. The minimum atomic E-state index is -0.528. The van der Waals surface area contributed by atoms with E-state index in [2.05, 4.69) is 17.5 Å². The van der Waals surface area contributed by atoms with Crippen LogP contribution in [0.2, 0.25) is 0 Å². The fourth-order valence-corrected chi connectivity index (χ4v) is 1.00. The molecule has 5 heteroatoms. The number of nitrogens with one attached hydrogen (secondary N) is 1. The lowest BCUT2D eigenvalue weighted by molar-refractivity contribution is -0.0421. The number of aliphatic hydroxyl groups is 1. The van der Waals surface area contributed by atoms with Gasteiger partial charge in [-0.05, 0) is 0 Å². The molecule has 2 atom stereocenters. The maximum absolute atomic E-state index is 9.23. The Morgan fingerprint density at radius 3 is 2.80 bits per heavy atom. The van der Waals surface area contributed by atoms with Crippen LogP contribution in [0.25, 0.3) is 0 Å². The van der Waals surface area contributed by atoms with Gasteiger partial charge in [0, 0.05) is 0 Å². The normalized spacial score (nSPS) is 35.4. The minimum absolute atomic E-state index is 0.133. The molecular formula is C5H11NO3S. The summed E-state index contributed by atoms with van der Waals surface area (Å²) in [4.78, 5) is 0. The average Bonchev–Trinajstić information content (AvgIpc) is 2.13. The van der Waals surface area contributed by atoms with Gasteiger partial charge in [0.15, 0.2) is 0 Å². The molecule has 4 nitrogen and oxygen atoms in total. The van der Waals surface area contributed by atoms with Crippen LogP contribution < -0.4 is 4.72 Å². The lowest BCUT2D eigenvalue weighted by Gasteiger charge is -2.16. The molecule has 1 aliphatic rings. The maximum Gasteiger partial charge on any atom is 0.146 e. The fourth-order valence-electron chi connectivity index (χ4n) is 0.753. The van der Waals surface area contributed by atoms with E-state index in [0.717, 1.165) is 0 Å². The van der Waals surface area contributed by atoms with Gasteiger partial charge in [-0.1, -0.05) is 12.8 Å². The Labute approximate surface area is 65.1 Å². The van der Waals surface area contributed by atoms with Crippen molar-refractivity contribution in [3.63, 3.8) is 0 Å². The summed E-state index contributed by atoms with van der Waals surface area (Å²) in [5, 5.41) is 9.23. The molecular weight excluding hydrogens is 154 g/mol. The van der Waals surface area contributed by atoms with Crippen molar-refractivity contribution in [2.75, 3.05) is 20.0 Å². The van der Waals surface area contributed by atoms with Gasteiger partial charge in [-0.2, -0.15) is 0 Å². The highest BCUT2D eigenvalue weighted by Crippen LogP contribution is 2.01. The Balaban J connectivity index is 2.35. The largest absolute Gasteiger partial charge is 0.389 e. The molecule has 1 rings (SSSR count). The van der Waals surface area contributed by atoms with Crippen molar-refractivity contribution in [2.45, 2.75) is 12.1 Å². The monoisotopic (exact) mass is 165 g/mol. The van der Waals surface area contributed by atoms with Gasteiger partial charge in [0.05, 0.1) is 25.4 Å². The van der Waals surface area contributed by atoms with Crippen LogP contribution in [0.1, 0.15) is 0 Å². The zero-order chi connectivity index (χ0) is 7.40. The van der Waals surface area contributed by atoms with E-state index < -0.39 is 6.10 Å². The van der Waals surface area contributed by atoms with Crippen molar-refractivity contribution in [3.8, 4) is 0 Å². The van der Waals surface area contributed by atoms with Crippen LogP contribution in [0.4, 0.5) is 0 Å². The summed E-state index contributed by atoms with van der Waals surface area (Å²) in [5.41, 5.74) is 0. The Morgan fingerprint density at radius 2 is 2.10 bits per heavy atom. The summed E-state index contributed by atoms with van der Waals surface area (Å²) >= 11 is 3.83. The highest BCUT2D eigenvalue weighted by atomic mass is 32.1. The van der Waals surface area contributed by atoms with Gasteiger partial charge in [-0.3, -0.25) is 4.72 Å². The molecule has 2 N–H and O–H groups in total. The van der Waals surface area contributed by atoms with E-state index in [1.54, 1.807) is 0 Å². The first kappa shape index (κ1) is 8.29. The van der Waals surface area contributed by atoms with Crippen LogP contribution in [0.5, 0.6) is 0 Å². The number of hydrogen-bond acceptors (Lipinski definition) is 5. The van der Waals surface area contributed by atoms with Crippen LogP contribution in [-0.2, 0) is 9.47 Å². The predicted molar refractivity (Wildman–Crippen MR) is 38.7 cm³/mol. The second-order valence-electron chi connectivity index (χ2n) is 2.16. The van der Waals surface area contributed by atoms with E-state index in [9.17, 15) is 5.11 Å². The van der Waals surface area contributed by atoms with Crippen LogP contribution >= 0.6 is 12.8 Å². The third-order valence-electron chi connectivity index (χ3n) is 1.38. The molecule has 1 aliphatic heterocycles. The number of thiol groups is 1. The van der Waals surface area contributed by atoms with Gasteiger partial charge >= 0.3 is 0 Å². The third kappa shape index (κ3) is 2.10. The molecule has 0 aromatic rings. The Hall–Kier alpha value is 0.190. The minimum Gasteiger partial charge on any atom is -0.389 e. The Kier molecular flexibility index (Phi) is 3.44. The van der Waals surface area contributed by atoms with Crippen LogP contribution in [0.15, 0.2) is 0 Å². The highest BCUT2D eigenvalue weighted by Gasteiger charge is 2.20. The number of hydrogen-bond donors (Lipinski definition) is 3. The van der Waals surface area contributed by atoms with Gasteiger partial charge in [0.2, 0.25) is 0 Å². The summed E-state index contributed by atoms with van der Waals surface area (Å²) in [5.74, 6) is 0. The number of ether oxygens (including phenoxy) is 2. The van der Waals surface area contributed by atoms with Gasteiger partial charge < -0.3 is 14.6 Å². The Bertz CT molecular complexity index is 103. The third-order valence-corrected chi connectivity index (χ3v) is 1.71. The first-order valence-electron chi connectivity index (χ1n) is 3.08. The summed E-state index contributed by atoms with van der Waals surface area (Å²) in [7, 11) is 0. The molecule has 0 radical (unpaired) electrons. The Morgan fingerprint density at radius 1 is 1.40 bits per heavy atom. The van der Waals surface area contributed by atoms with E-state index in [-0.39, 0.29) is 12.8 Å². The highest BCUT2D eigenvalue weighted by molar-refractivity contribution is 7.78. The molecule has 0 aromatic heterocycles. The summed E-state index contributed by atoms with van der Waals surface area (Å²) in [6.07, 6.45) is -0.528. The molecule has 0 spiro atoms. The molecule has 10 heavy (non-hydrogen) atoms. The lowest BCUT2D eigenvalue weighted by atomic mass is 10.2. The van der Waals surface area contributed by atoms with Crippen LogP contribution in [0, 0.1) is 0 Å². The zero-order valence-electron chi connectivity index (χ0n) is 5.49. The van der Waals surface area contributed by atoms with E-state index in [1.165, 1.54) is 0 Å². The number of aliphatic hydroxyl groups excluding tert-OH is 1. The molecule has 1 fully saturated rings. The lowest BCUT2D eigenvalue weighted by Crippen LogP contribution is -2.39. The number of rotatable bonds is 1. The average molecular weight is 165 g/mol. The van der Waals surface area contributed by atoms with Crippen molar-refractivity contribution < 1.29 is 14.6 Å². The van der Waals surface area contributed by atoms with Crippen molar-refractivity contribution in [2.24, 2.45) is 0 Å². The van der Waals surface area contributed by atoms with Crippen molar-refractivity contribution in [3.05, 3.63) is 0 Å². The van der Waals surface area contributed by atoms with E-state index >= 15 is 0 Å². The molecule has 0 unspecified atom stereocenters. The van der Waals surface area contributed by atoms with Gasteiger partial charge in [0.1, 0.15) is 6.79 Å². The molecule has 0 saturated carbocycles. The summed E-state index contributed by atoms with van der Waals surface area (Å²) in [6, 6.07) is -0.133. The molecule has 1 heterocycles. The van der Waals surface area contributed by atoms with Gasteiger partial charge in [0.25, 0.3) is 0 Å². The molecule has 60 valence electrons. The smallest absolute Gasteiger partial charge is 0.146 e. The summed E-state index contributed by atoms with van der Waals surface area (Å²) in [6.45, 7) is 0.992. The molecule has 1 saturated heterocycles. The van der Waals surface area contributed by atoms with Gasteiger partial charge in [-0.25, -0.2) is 0 Å². The first-order valence-corrected chi connectivity index (χ1v) is 3.52. The quantitative estimate of drug-likeness (QED) is 0.443. The van der Waals surface area contributed by atoms with Crippen molar-refractivity contribution in [1.82, 2.24) is 4.72 Å². The van der Waals surface area contributed by atoms with E-state index in [4.69, 9.17) is 9.47 Å². The van der Waals surface area contributed by atoms with Crippen LogP contribution in [0.3, 0.4) is 0 Å². The van der Waals surface area contributed by atoms with E-state index in [1.807, 2.05) is 0 Å². The second kappa shape index (κ2) is 4.15. The first-order chi connectivity index (χ1) is 4.84. The molecule has 0 aromatic carbocycles. The fraction of sp³-hybridized carbons (Fsp3) is 1.00.